The van der Waals surface area contributed by atoms with E-state index in [1.807, 2.05) is 18.2 Å². The minimum Gasteiger partial charge on any atom is -0.497 e. The van der Waals surface area contributed by atoms with Gasteiger partial charge >= 0.3 is 0 Å². The number of para-hydroxylation sites is 1. The minimum atomic E-state index is -0.408. The first kappa shape index (κ1) is 21.8. The molecule has 4 aromatic rings. The van der Waals surface area contributed by atoms with Crippen LogP contribution in [0.25, 0.3) is 11.0 Å². The highest BCUT2D eigenvalue weighted by Crippen LogP contribution is 2.29. The summed E-state index contributed by atoms with van der Waals surface area (Å²) in [6.07, 6.45) is 0. The van der Waals surface area contributed by atoms with Gasteiger partial charge in [-0.1, -0.05) is 18.2 Å². The first-order valence-corrected chi connectivity index (χ1v) is 10.1. The summed E-state index contributed by atoms with van der Waals surface area (Å²) >= 11 is 0. The Morgan fingerprint density at radius 3 is 2.33 bits per heavy atom. The Balaban J connectivity index is 1.38. The summed E-state index contributed by atoms with van der Waals surface area (Å²) in [5, 5.41) is 6.35. The average molecular weight is 446 g/mol. The predicted octanol–water partition coefficient (Wildman–Crippen LogP) is 4.72. The lowest BCUT2D eigenvalue weighted by molar-refractivity contribution is -0.118. The zero-order valence-corrected chi connectivity index (χ0v) is 18.1. The van der Waals surface area contributed by atoms with E-state index < -0.39 is 5.91 Å². The van der Waals surface area contributed by atoms with Crippen LogP contribution in [0.2, 0.25) is 0 Å². The van der Waals surface area contributed by atoms with Crippen molar-refractivity contribution in [2.24, 2.45) is 0 Å². The van der Waals surface area contributed by atoms with Crippen LogP contribution in [0.5, 0.6) is 17.2 Å². The Labute approximate surface area is 190 Å². The molecule has 0 radical (unpaired) electrons. The highest BCUT2D eigenvalue weighted by molar-refractivity contribution is 6.05. The molecule has 2 amide bonds. The van der Waals surface area contributed by atoms with Crippen LogP contribution >= 0.6 is 0 Å². The number of nitrogens with one attached hydrogen (secondary N) is 2. The molecule has 0 saturated carbocycles. The molecule has 0 saturated heterocycles. The third-order valence-corrected chi connectivity index (χ3v) is 4.81. The highest BCUT2D eigenvalue weighted by Gasteiger charge is 2.15. The van der Waals surface area contributed by atoms with Gasteiger partial charge in [-0.05, 0) is 48.5 Å². The number of hydrogen-bond acceptors (Lipinski definition) is 6. The fourth-order valence-corrected chi connectivity index (χ4v) is 3.17. The number of benzene rings is 3. The Morgan fingerprint density at radius 1 is 0.848 bits per heavy atom. The third-order valence-electron chi connectivity index (χ3n) is 4.81. The minimum absolute atomic E-state index is 0.167. The van der Waals surface area contributed by atoms with Gasteiger partial charge < -0.3 is 29.3 Å². The second-order valence-electron chi connectivity index (χ2n) is 7.03. The monoisotopic (exact) mass is 446 g/mol. The van der Waals surface area contributed by atoms with Gasteiger partial charge in [-0.15, -0.1) is 0 Å². The summed E-state index contributed by atoms with van der Waals surface area (Å²) in [6.45, 7) is -0.167. The van der Waals surface area contributed by atoms with Crippen LogP contribution in [0, 0.1) is 0 Å². The van der Waals surface area contributed by atoms with E-state index in [1.165, 1.54) is 7.11 Å². The maximum atomic E-state index is 12.6. The number of anilines is 2. The molecule has 0 aliphatic rings. The number of amides is 2. The lowest BCUT2D eigenvalue weighted by Crippen LogP contribution is -2.20. The van der Waals surface area contributed by atoms with Gasteiger partial charge in [0.2, 0.25) is 0 Å². The lowest BCUT2D eigenvalue weighted by Gasteiger charge is -2.12. The number of methoxy groups -OCH3 is 2. The van der Waals surface area contributed by atoms with Crippen LogP contribution in [0.1, 0.15) is 10.6 Å². The molecule has 4 rings (SSSR count). The van der Waals surface area contributed by atoms with Crippen molar-refractivity contribution >= 4 is 34.2 Å². The van der Waals surface area contributed by atoms with Crippen molar-refractivity contribution in [1.29, 1.82) is 0 Å². The molecule has 0 unspecified atom stereocenters. The van der Waals surface area contributed by atoms with Crippen molar-refractivity contribution in [3.63, 3.8) is 0 Å². The van der Waals surface area contributed by atoms with Gasteiger partial charge in [0, 0.05) is 17.1 Å². The standard InChI is InChI=1S/C25H22N2O6/c1-30-18-8-10-19(11-9-18)32-15-24(28)26-17-7-12-20(22(14-17)31-2)27-25(29)23-13-16-5-3-4-6-21(16)33-23/h3-14H,15H2,1-2H3,(H,26,28)(H,27,29). The van der Waals surface area contributed by atoms with Crippen LogP contribution in [-0.4, -0.2) is 32.6 Å². The summed E-state index contributed by atoms with van der Waals surface area (Å²) in [5.41, 5.74) is 1.57. The Kier molecular flexibility index (Phi) is 6.45. The second-order valence-corrected chi connectivity index (χ2v) is 7.03. The summed E-state index contributed by atoms with van der Waals surface area (Å²) in [7, 11) is 3.05. The van der Waals surface area contributed by atoms with Crippen molar-refractivity contribution in [2.45, 2.75) is 0 Å². The molecule has 8 heteroatoms. The molecule has 3 aromatic carbocycles. The number of rotatable bonds is 8. The van der Waals surface area contributed by atoms with Gasteiger partial charge in [0.1, 0.15) is 22.8 Å². The summed E-state index contributed by atoms with van der Waals surface area (Å²) < 4.78 is 21.5. The molecule has 0 aliphatic heterocycles. The van der Waals surface area contributed by atoms with Crippen LogP contribution in [0.3, 0.4) is 0 Å². The number of carbonyl (C=O) groups is 2. The van der Waals surface area contributed by atoms with E-state index in [0.29, 0.717) is 34.2 Å². The van der Waals surface area contributed by atoms with E-state index in [0.717, 1.165) is 5.39 Å². The maximum absolute atomic E-state index is 12.6. The summed E-state index contributed by atoms with van der Waals surface area (Å²) in [6, 6.07) is 20.9. The van der Waals surface area contributed by atoms with Gasteiger partial charge in [0.05, 0.1) is 19.9 Å². The zero-order chi connectivity index (χ0) is 23.2. The van der Waals surface area contributed by atoms with E-state index in [1.54, 1.807) is 61.7 Å². The first-order chi connectivity index (χ1) is 16.1. The molecule has 0 aliphatic carbocycles. The van der Waals surface area contributed by atoms with E-state index in [2.05, 4.69) is 10.6 Å². The first-order valence-electron chi connectivity index (χ1n) is 10.1. The number of hydrogen-bond donors (Lipinski definition) is 2. The third kappa shape index (κ3) is 5.24. The molecule has 0 bridgehead atoms. The van der Waals surface area contributed by atoms with Gasteiger partial charge in [0.15, 0.2) is 12.4 Å². The largest absolute Gasteiger partial charge is 0.497 e. The van der Waals surface area contributed by atoms with Gasteiger partial charge in [-0.25, -0.2) is 0 Å². The van der Waals surface area contributed by atoms with E-state index in [4.69, 9.17) is 18.6 Å². The topological polar surface area (TPSA) is 99.0 Å². The molecule has 168 valence electrons. The molecular formula is C25H22N2O6. The number of fused-ring (bicyclic) bond motifs is 1. The SMILES string of the molecule is COc1ccc(OCC(=O)Nc2ccc(NC(=O)c3cc4ccccc4o3)c(OC)c2)cc1. The van der Waals surface area contributed by atoms with Crippen molar-refractivity contribution in [3.8, 4) is 17.2 Å². The maximum Gasteiger partial charge on any atom is 0.291 e. The van der Waals surface area contributed by atoms with Crippen molar-refractivity contribution in [1.82, 2.24) is 0 Å². The quantitative estimate of drug-likeness (QED) is 0.406. The van der Waals surface area contributed by atoms with Crippen molar-refractivity contribution < 1.29 is 28.2 Å². The number of carbonyl (C=O) groups excluding carboxylic acids is 2. The van der Waals surface area contributed by atoms with Crippen LogP contribution in [0.4, 0.5) is 11.4 Å². The van der Waals surface area contributed by atoms with E-state index in [9.17, 15) is 9.59 Å². The fraction of sp³-hybridized carbons (Fsp3) is 0.120. The van der Waals surface area contributed by atoms with Gasteiger partial charge in [-0.2, -0.15) is 0 Å². The molecule has 0 spiro atoms. The van der Waals surface area contributed by atoms with Gasteiger partial charge in [0.25, 0.3) is 11.8 Å². The molecular weight excluding hydrogens is 424 g/mol. The predicted molar refractivity (Wildman–Crippen MR) is 124 cm³/mol. The Morgan fingerprint density at radius 2 is 1.61 bits per heavy atom. The fourth-order valence-electron chi connectivity index (χ4n) is 3.17. The molecule has 1 heterocycles. The Hall–Kier alpha value is -4.46. The summed E-state index contributed by atoms with van der Waals surface area (Å²) in [4.78, 5) is 24.9. The van der Waals surface area contributed by atoms with E-state index >= 15 is 0 Å². The summed E-state index contributed by atoms with van der Waals surface area (Å²) in [5.74, 6) is 1.07. The van der Waals surface area contributed by atoms with Crippen LogP contribution < -0.4 is 24.8 Å². The van der Waals surface area contributed by atoms with E-state index in [-0.39, 0.29) is 18.3 Å². The molecule has 0 atom stereocenters. The van der Waals surface area contributed by atoms with Crippen molar-refractivity contribution in [3.05, 3.63) is 78.6 Å². The average Bonchev–Trinajstić information content (AvgIpc) is 3.28. The second kappa shape index (κ2) is 9.78. The molecule has 1 aromatic heterocycles. The number of furan rings is 1. The lowest BCUT2D eigenvalue weighted by atomic mass is 10.2. The van der Waals surface area contributed by atoms with Gasteiger partial charge in [-0.3, -0.25) is 9.59 Å². The zero-order valence-electron chi connectivity index (χ0n) is 18.1. The van der Waals surface area contributed by atoms with Crippen LogP contribution in [-0.2, 0) is 4.79 Å². The molecule has 8 nitrogen and oxygen atoms in total. The molecule has 33 heavy (non-hydrogen) atoms. The normalized spacial score (nSPS) is 10.5. The Bertz CT molecular complexity index is 1250. The molecule has 2 N–H and O–H groups in total. The molecule has 0 fully saturated rings. The smallest absolute Gasteiger partial charge is 0.291 e. The highest BCUT2D eigenvalue weighted by atomic mass is 16.5. The number of ether oxygens (including phenoxy) is 3. The van der Waals surface area contributed by atoms with Crippen LogP contribution in [0.15, 0.2) is 77.2 Å². The van der Waals surface area contributed by atoms with Crippen molar-refractivity contribution in [2.75, 3.05) is 31.5 Å².